The number of carbonyl (C=O) groups is 1. The van der Waals surface area contributed by atoms with Crippen LogP contribution in [0.25, 0.3) is 22.0 Å². The van der Waals surface area contributed by atoms with Gasteiger partial charge in [0, 0.05) is 34.8 Å². The monoisotopic (exact) mass is 634 g/mol. The van der Waals surface area contributed by atoms with Crippen LogP contribution in [0.4, 0.5) is 50.9 Å². The predicted molar refractivity (Wildman–Crippen MR) is 137 cm³/mol. The number of ether oxygens (including phenoxy) is 1. The fourth-order valence-electron chi connectivity index (χ4n) is 5.12. The fourth-order valence-corrected chi connectivity index (χ4v) is 5.12. The number of alkyl halides is 9. The third kappa shape index (κ3) is 5.69. The molecule has 4 aromatic rings. The number of hydrogen-bond acceptors (Lipinski definition) is 7. The average Bonchev–Trinajstić information content (AvgIpc) is 2.88. The van der Waals surface area contributed by atoms with Crippen molar-refractivity contribution >= 4 is 39.3 Å². The van der Waals surface area contributed by atoms with Gasteiger partial charge in [0.2, 0.25) is 5.91 Å². The summed E-state index contributed by atoms with van der Waals surface area (Å²) in [7, 11) is 0. The Hall–Kier alpha value is -4.57. The van der Waals surface area contributed by atoms with Gasteiger partial charge >= 0.3 is 18.5 Å². The summed E-state index contributed by atoms with van der Waals surface area (Å²) in [4.78, 5) is 31.4. The summed E-state index contributed by atoms with van der Waals surface area (Å²) in [5, 5.41) is 2.81. The van der Waals surface area contributed by atoms with Crippen LogP contribution < -0.4 is 20.5 Å². The van der Waals surface area contributed by atoms with E-state index in [9.17, 15) is 49.1 Å². The molecule has 6 rings (SSSR count). The van der Waals surface area contributed by atoms with Gasteiger partial charge in [0.15, 0.2) is 11.0 Å². The van der Waals surface area contributed by atoms with E-state index in [1.165, 1.54) is 19.3 Å². The van der Waals surface area contributed by atoms with Crippen LogP contribution in [0.1, 0.15) is 18.9 Å². The normalized spacial score (nSPS) is 18.1. The van der Waals surface area contributed by atoms with Crippen molar-refractivity contribution in [2.75, 3.05) is 23.3 Å². The molecule has 234 valence electrons. The lowest BCUT2D eigenvalue weighted by Crippen LogP contribution is -2.58. The summed E-state index contributed by atoms with van der Waals surface area (Å²) in [5.41, 5.74) is -5.53. The lowest BCUT2D eigenvalue weighted by Gasteiger charge is -2.43. The van der Waals surface area contributed by atoms with Gasteiger partial charge in [0.05, 0.1) is 30.4 Å². The molecule has 8 nitrogen and oxygen atoms in total. The second-order valence-electron chi connectivity index (χ2n) is 10.1. The number of nitrogens with one attached hydrogen (secondary N) is 1. The predicted octanol–water partition coefficient (Wildman–Crippen LogP) is 6.28. The molecular weight excluding hydrogens is 615 g/mol. The Balaban J connectivity index is 0.000000212. The number of rotatable bonds is 1. The summed E-state index contributed by atoms with van der Waals surface area (Å²) < 4.78 is 131. The summed E-state index contributed by atoms with van der Waals surface area (Å²) in [6.07, 6.45) is -16.3. The summed E-state index contributed by atoms with van der Waals surface area (Å²) in [6.45, 7) is -0.605. The van der Waals surface area contributed by atoms with Gasteiger partial charge in [-0.15, -0.1) is 0 Å². The molecule has 44 heavy (non-hydrogen) atoms. The number of benzene rings is 2. The molecule has 0 aliphatic carbocycles. The minimum absolute atomic E-state index is 0.245. The number of amides is 1. The summed E-state index contributed by atoms with van der Waals surface area (Å²) in [6, 6.07) is 7.82. The molecule has 1 amide bonds. The van der Waals surface area contributed by atoms with E-state index in [1.807, 2.05) is 11.4 Å². The molecule has 2 aromatic heterocycles. The number of fused-ring (bicyclic) bond motifs is 4. The highest BCUT2D eigenvalue weighted by molar-refractivity contribution is 5.97. The zero-order valence-electron chi connectivity index (χ0n) is 22.2. The maximum Gasteiger partial charge on any atom is 0.407 e. The van der Waals surface area contributed by atoms with Crippen LogP contribution in [0.15, 0.2) is 58.1 Å². The van der Waals surface area contributed by atoms with Crippen LogP contribution >= 0.6 is 0 Å². The highest BCUT2D eigenvalue weighted by Gasteiger charge is 2.74. The van der Waals surface area contributed by atoms with Crippen molar-refractivity contribution in [3.05, 3.63) is 64.8 Å². The van der Waals surface area contributed by atoms with Gasteiger partial charge in [-0.1, -0.05) is 0 Å². The molecule has 2 aromatic carbocycles. The number of hydrogen-bond donors (Lipinski definition) is 1. The van der Waals surface area contributed by atoms with Crippen molar-refractivity contribution in [2.45, 2.75) is 43.4 Å². The van der Waals surface area contributed by atoms with Crippen LogP contribution in [0.2, 0.25) is 0 Å². The van der Waals surface area contributed by atoms with Crippen molar-refractivity contribution in [1.29, 1.82) is 0 Å². The van der Waals surface area contributed by atoms with E-state index in [0.717, 1.165) is 10.9 Å². The number of carbonyl (C=O) groups excluding carboxylic acids is 1. The van der Waals surface area contributed by atoms with E-state index in [4.69, 9.17) is 9.15 Å². The highest BCUT2D eigenvalue weighted by atomic mass is 19.4. The van der Waals surface area contributed by atoms with E-state index >= 15 is 0 Å². The molecule has 1 N–H and O–H groups in total. The molecule has 4 heterocycles. The minimum atomic E-state index is -5.93. The molecule has 0 saturated heterocycles. The fraction of sp³-hybridized carbons (Fsp3) is 0.333. The van der Waals surface area contributed by atoms with Gasteiger partial charge in [-0.05, 0) is 25.1 Å². The molecule has 17 heteroatoms. The van der Waals surface area contributed by atoms with E-state index in [1.54, 1.807) is 18.3 Å². The molecule has 1 atom stereocenters. The highest BCUT2D eigenvalue weighted by Crippen LogP contribution is 2.59. The zero-order valence-corrected chi connectivity index (χ0v) is 22.2. The van der Waals surface area contributed by atoms with Crippen molar-refractivity contribution in [2.24, 2.45) is 0 Å². The number of pyridine rings is 1. The molecule has 0 bridgehead atoms. The average molecular weight is 634 g/mol. The lowest BCUT2D eigenvalue weighted by molar-refractivity contribution is -0.303. The smallest absolute Gasteiger partial charge is 0.407 e. The first-order chi connectivity index (χ1) is 20.4. The molecule has 2 aliphatic heterocycles. The van der Waals surface area contributed by atoms with E-state index < -0.39 is 72.4 Å². The van der Waals surface area contributed by atoms with Crippen LogP contribution in [0, 0.1) is 0 Å². The largest absolute Gasteiger partial charge is 0.487 e. The van der Waals surface area contributed by atoms with Crippen LogP contribution in [0.3, 0.4) is 0 Å². The minimum Gasteiger partial charge on any atom is -0.487 e. The first-order valence-corrected chi connectivity index (χ1v) is 12.6. The second-order valence-corrected chi connectivity index (χ2v) is 10.1. The second kappa shape index (κ2) is 10.6. The van der Waals surface area contributed by atoms with Crippen molar-refractivity contribution in [3.63, 3.8) is 0 Å². The van der Waals surface area contributed by atoms with Crippen molar-refractivity contribution in [1.82, 2.24) is 9.97 Å². The SMILES string of the molecule is CC1CN(CC(F)(F)F)c2cc3c(cc2O1)NC(=O)CC3(C(F)(F)F)C(F)(F)F.O=c1ccc2cc3nccoc3cc2n1. The Kier molecular flexibility index (Phi) is 7.40. The number of nitrogens with zero attached hydrogens (tertiary/aromatic N) is 3. The Morgan fingerprint density at radius 1 is 0.977 bits per heavy atom. The first kappa shape index (κ1) is 30.9. The standard InChI is InChI=1S/C16H13F9N2O2.C11H6N2O2/c1-7-5-27(6-14(17,18)19)10-2-8-9(3-11(10)29-7)26-12(28)4-13(8,15(20,21)22)16(23,24)25;14-11-2-1-7-5-9-10(6-8(7)13-11)15-4-3-12-9/h2-3,7H,4-6H2,1H3,(H,26,28);1-6H. The van der Waals surface area contributed by atoms with E-state index in [-0.39, 0.29) is 11.3 Å². The van der Waals surface area contributed by atoms with Crippen molar-refractivity contribution < 1.29 is 53.5 Å². The lowest BCUT2D eigenvalue weighted by atomic mass is 9.72. The van der Waals surface area contributed by atoms with Gasteiger partial charge in [-0.3, -0.25) is 9.59 Å². The van der Waals surface area contributed by atoms with Gasteiger partial charge in [0.25, 0.3) is 5.56 Å². The molecule has 0 radical (unpaired) electrons. The molecule has 0 spiro atoms. The van der Waals surface area contributed by atoms with Crippen LogP contribution in [0.5, 0.6) is 5.75 Å². The topological polar surface area (TPSA) is 97.6 Å². The van der Waals surface area contributed by atoms with Gasteiger partial charge in [-0.2, -0.15) is 39.5 Å². The Morgan fingerprint density at radius 2 is 1.68 bits per heavy atom. The third-order valence-electron chi connectivity index (χ3n) is 6.96. The summed E-state index contributed by atoms with van der Waals surface area (Å²) >= 11 is 0. The van der Waals surface area contributed by atoms with Crippen LogP contribution in [-0.2, 0) is 10.2 Å². The third-order valence-corrected chi connectivity index (χ3v) is 6.96. The van der Waals surface area contributed by atoms with Gasteiger partial charge < -0.3 is 19.4 Å². The Labute approximate surface area is 240 Å². The molecule has 0 saturated carbocycles. The van der Waals surface area contributed by atoms with Gasteiger partial charge in [0.1, 0.15) is 30.2 Å². The van der Waals surface area contributed by atoms with Gasteiger partial charge in [-0.25, -0.2) is 9.97 Å². The molecule has 0 fully saturated rings. The quantitative estimate of drug-likeness (QED) is 0.195. The first-order valence-electron chi connectivity index (χ1n) is 12.6. The molecular formula is C27H19F9N4O4. The van der Waals surface area contributed by atoms with E-state index in [0.29, 0.717) is 28.1 Å². The molecule has 2 aliphatic rings. The summed E-state index contributed by atoms with van der Waals surface area (Å²) in [5.74, 6) is -1.88. The number of anilines is 2. The maximum atomic E-state index is 13.7. The van der Waals surface area contributed by atoms with Crippen molar-refractivity contribution in [3.8, 4) is 5.75 Å². The zero-order chi connectivity index (χ0) is 32.2. The number of aromatic nitrogens is 2. The molecule has 1 unspecified atom stereocenters. The Bertz CT molecular complexity index is 1790. The number of halogens is 9. The Morgan fingerprint density at radius 3 is 2.34 bits per heavy atom. The van der Waals surface area contributed by atoms with Crippen LogP contribution in [-0.4, -0.2) is 53.6 Å². The maximum absolute atomic E-state index is 13.7. The van der Waals surface area contributed by atoms with E-state index in [2.05, 4.69) is 9.97 Å².